The highest BCUT2D eigenvalue weighted by Gasteiger charge is 2.19. The predicted molar refractivity (Wildman–Crippen MR) is 81.8 cm³/mol. The number of hydrogen-bond acceptors (Lipinski definition) is 3. The van der Waals surface area contributed by atoms with Crippen molar-refractivity contribution in [2.75, 3.05) is 39.5 Å². The van der Waals surface area contributed by atoms with Crippen LogP contribution in [-0.4, -0.2) is 49.5 Å². The Hall–Kier alpha value is -0.970. The molecule has 0 aliphatic carbocycles. The minimum atomic E-state index is -0.0810. The number of halogens is 1. The van der Waals surface area contributed by atoms with Gasteiger partial charge in [0.25, 0.3) is 0 Å². The van der Waals surface area contributed by atoms with Gasteiger partial charge in [-0.3, -0.25) is 0 Å². The molecule has 4 heteroatoms. The minimum Gasteiger partial charge on any atom is -0.394 e. The summed E-state index contributed by atoms with van der Waals surface area (Å²) in [5.41, 5.74) is 0.834. The number of rotatable bonds is 8. The largest absolute Gasteiger partial charge is 0.394 e. The zero-order valence-corrected chi connectivity index (χ0v) is 12.6. The number of ether oxygens (including phenoxy) is 1. The number of nitrogens with zero attached hydrogens (tertiary/aromatic N) is 1. The third-order valence-electron chi connectivity index (χ3n) is 4.17. The molecule has 1 aliphatic heterocycles. The Morgan fingerprint density at radius 2 is 2.14 bits per heavy atom. The van der Waals surface area contributed by atoms with Gasteiger partial charge in [-0.25, -0.2) is 4.39 Å². The Kier molecular flexibility index (Phi) is 7.13. The van der Waals surface area contributed by atoms with Gasteiger partial charge in [0.05, 0.1) is 19.8 Å². The summed E-state index contributed by atoms with van der Waals surface area (Å²) in [6, 6.07) is 7.08. The monoisotopic (exact) mass is 295 g/mol. The molecule has 1 unspecified atom stereocenters. The summed E-state index contributed by atoms with van der Waals surface area (Å²) < 4.78 is 18.9. The van der Waals surface area contributed by atoms with Crippen molar-refractivity contribution in [2.24, 2.45) is 5.92 Å². The van der Waals surface area contributed by atoms with Gasteiger partial charge < -0.3 is 14.7 Å². The van der Waals surface area contributed by atoms with Gasteiger partial charge in [0, 0.05) is 13.1 Å². The fraction of sp³-hybridized carbons (Fsp3) is 0.647. The molecular formula is C17H26FNO2. The van der Waals surface area contributed by atoms with E-state index in [0.717, 1.165) is 38.0 Å². The molecule has 1 aliphatic rings. The quantitative estimate of drug-likeness (QED) is 0.748. The summed E-state index contributed by atoms with van der Waals surface area (Å²) in [7, 11) is 0. The minimum absolute atomic E-state index is 0.0810. The number of aliphatic hydroxyl groups excluding tert-OH is 1. The Labute approximate surface area is 126 Å². The van der Waals surface area contributed by atoms with Crippen LogP contribution in [0, 0.1) is 11.7 Å². The summed E-state index contributed by atoms with van der Waals surface area (Å²) in [6.07, 6.45) is 4.32. The number of aliphatic hydroxyl groups is 1. The first-order valence-electron chi connectivity index (χ1n) is 7.94. The molecule has 1 fully saturated rings. The van der Waals surface area contributed by atoms with Crippen molar-refractivity contribution in [1.82, 2.24) is 4.90 Å². The lowest BCUT2D eigenvalue weighted by molar-refractivity contribution is 0.0618. The van der Waals surface area contributed by atoms with E-state index in [1.807, 2.05) is 12.1 Å². The van der Waals surface area contributed by atoms with Gasteiger partial charge in [-0.1, -0.05) is 18.2 Å². The molecule has 0 bridgehead atoms. The van der Waals surface area contributed by atoms with Crippen molar-refractivity contribution in [3.63, 3.8) is 0 Å². The second-order valence-corrected chi connectivity index (χ2v) is 5.77. The van der Waals surface area contributed by atoms with E-state index in [0.29, 0.717) is 19.1 Å². The fourth-order valence-corrected chi connectivity index (χ4v) is 3.01. The highest BCUT2D eigenvalue weighted by Crippen LogP contribution is 2.22. The maximum atomic E-state index is 13.6. The maximum absolute atomic E-state index is 13.6. The molecule has 1 atom stereocenters. The fourth-order valence-electron chi connectivity index (χ4n) is 3.01. The van der Waals surface area contributed by atoms with E-state index in [-0.39, 0.29) is 12.4 Å². The van der Waals surface area contributed by atoms with Gasteiger partial charge in [0.1, 0.15) is 5.82 Å². The van der Waals surface area contributed by atoms with Crippen molar-refractivity contribution in [3.8, 4) is 0 Å². The van der Waals surface area contributed by atoms with Crippen LogP contribution in [0.5, 0.6) is 0 Å². The van der Waals surface area contributed by atoms with Gasteiger partial charge in [-0.05, 0) is 49.8 Å². The Balaban J connectivity index is 1.70. The molecular weight excluding hydrogens is 269 g/mol. The highest BCUT2D eigenvalue weighted by atomic mass is 19.1. The van der Waals surface area contributed by atoms with Crippen LogP contribution in [0.4, 0.5) is 4.39 Å². The zero-order valence-electron chi connectivity index (χ0n) is 12.6. The summed E-state index contributed by atoms with van der Waals surface area (Å²) in [5.74, 6) is 0.568. The third-order valence-corrected chi connectivity index (χ3v) is 4.17. The number of piperidine rings is 1. The Morgan fingerprint density at radius 1 is 1.29 bits per heavy atom. The smallest absolute Gasteiger partial charge is 0.126 e. The second kappa shape index (κ2) is 9.13. The van der Waals surface area contributed by atoms with Crippen LogP contribution >= 0.6 is 0 Å². The van der Waals surface area contributed by atoms with Crippen molar-refractivity contribution in [1.29, 1.82) is 0 Å². The van der Waals surface area contributed by atoms with Crippen LogP contribution in [0.1, 0.15) is 24.8 Å². The van der Waals surface area contributed by atoms with Gasteiger partial charge in [-0.2, -0.15) is 0 Å². The number of likely N-dealkylation sites (tertiary alicyclic amines) is 1. The van der Waals surface area contributed by atoms with E-state index in [2.05, 4.69) is 4.90 Å². The van der Waals surface area contributed by atoms with Crippen LogP contribution < -0.4 is 0 Å². The molecule has 0 saturated carbocycles. The first-order valence-corrected chi connectivity index (χ1v) is 7.94. The average Bonchev–Trinajstić information content (AvgIpc) is 2.51. The lowest BCUT2D eigenvalue weighted by Crippen LogP contribution is -2.37. The molecule has 1 aromatic rings. The van der Waals surface area contributed by atoms with E-state index < -0.39 is 0 Å². The van der Waals surface area contributed by atoms with Gasteiger partial charge in [0.15, 0.2) is 0 Å². The standard InChI is InChI=1S/C17H26FNO2/c18-17-6-2-1-5-16(17)8-7-15-4-3-9-19(14-15)10-12-21-13-11-20/h1-2,5-6,15,20H,3-4,7-14H2. The first kappa shape index (κ1) is 16.4. The number of hydrogen-bond donors (Lipinski definition) is 1. The molecule has 1 heterocycles. The third kappa shape index (κ3) is 5.73. The lowest BCUT2D eigenvalue weighted by Gasteiger charge is -2.32. The van der Waals surface area contributed by atoms with Crippen LogP contribution in [0.3, 0.4) is 0 Å². The molecule has 1 saturated heterocycles. The molecule has 1 N–H and O–H groups in total. The van der Waals surface area contributed by atoms with Crippen LogP contribution in [0.2, 0.25) is 0 Å². The summed E-state index contributed by atoms with van der Waals surface area (Å²) in [6.45, 7) is 4.32. The van der Waals surface area contributed by atoms with Crippen LogP contribution in [-0.2, 0) is 11.2 Å². The average molecular weight is 295 g/mol. The van der Waals surface area contributed by atoms with Crippen LogP contribution in [0.25, 0.3) is 0 Å². The molecule has 21 heavy (non-hydrogen) atoms. The molecule has 118 valence electrons. The molecule has 2 rings (SSSR count). The van der Waals surface area contributed by atoms with E-state index >= 15 is 0 Å². The van der Waals surface area contributed by atoms with Crippen LogP contribution in [0.15, 0.2) is 24.3 Å². The lowest BCUT2D eigenvalue weighted by atomic mass is 9.91. The Bertz CT molecular complexity index is 414. The number of benzene rings is 1. The molecule has 0 amide bonds. The van der Waals surface area contributed by atoms with Gasteiger partial charge in [-0.15, -0.1) is 0 Å². The molecule has 3 nitrogen and oxygen atoms in total. The maximum Gasteiger partial charge on any atom is 0.126 e. The van der Waals surface area contributed by atoms with Crippen molar-refractivity contribution < 1.29 is 14.2 Å². The van der Waals surface area contributed by atoms with E-state index in [9.17, 15) is 4.39 Å². The Morgan fingerprint density at radius 3 is 2.95 bits per heavy atom. The predicted octanol–water partition coefficient (Wildman–Crippen LogP) is 2.48. The van der Waals surface area contributed by atoms with E-state index in [1.165, 1.54) is 12.8 Å². The van der Waals surface area contributed by atoms with Crippen molar-refractivity contribution >= 4 is 0 Å². The zero-order chi connectivity index (χ0) is 14.9. The first-order chi connectivity index (χ1) is 10.3. The SMILES string of the molecule is OCCOCCN1CCCC(CCc2ccccc2F)C1. The second-order valence-electron chi connectivity index (χ2n) is 5.77. The normalized spacial score (nSPS) is 19.8. The van der Waals surface area contributed by atoms with Gasteiger partial charge in [0.2, 0.25) is 0 Å². The number of aryl methyl sites for hydroxylation is 1. The molecule has 1 aromatic carbocycles. The van der Waals surface area contributed by atoms with Crippen molar-refractivity contribution in [2.45, 2.75) is 25.7 Å². The molecule has 0 aromatic heterocycles. The summed E-state index contributed by atoms with van der Waals surface area (Å²) in [5, 5.41) is 8.68. The van der Waals surface area contributed by atoms with E-state index in [4.69, 9.17) is 9.84 Å². The molecule has 0 spiro atoms. The van der Waals surface area contributed by atoms with Gasteiger partial charge >= 0.3 is 0 Å². The molecule has 0 radical (unpaired) electrons. The summed E-state index contributed by atoms with van der Waals surface area (Å²) in [4.78, 5) is 2.42. The van der Waals surface area contributed by atoms with Crippen molar-refractivity contribution in [3.05, 3.63) is 35.6 Å². The highest BCUT2D eigenvalue weighted by molar-refractivity contribution is 5.17. The summed E-state index contributed by atoms with van der Waals surface area (Å²) >= 11 is 0. The topological polar surface area (TPSA) is 32.7 Å². The van der Waals surface area contributed by atoms with E-state index in [1.54, 1.807) is 12.1 Å².